The summed E-state index contributed by atoms with van der Waals surface area (Å²) in [5.41, 5.74) is 3.20. The number of ether oxygens (including phenoxy) is 1. The number of carbonyl (C=O) groups is 3. The highest BCUT2D eigenvalue weighted by Crippen LogP contribution is 2.44. The van der Waals surface area contributed by atoms with Crippen LogP contribution in [0.5, 0.6) is 0 Å². The molecule has 0 aromatic heterocycles. The van der Waals surface area contributed by atoms with E-state index in [2.05, 4.69) is 22.8 Å². The van der Waals surface area contributed by atoms with E-state index in [1.807, 2.05) is 43.3 Å². The normalized spacial score (nSPS) is 22.2. The Balaban J connectivity index is 1.39. The number of rotatable bonds is 7. The van der Waals surface area contributed by atoms with E-state index in [9.17, 15) is 19.5 Å². The summed E-state index contributed by atoms with van der Waals surface area (Å²) in [6.45, 7) is 3.91. The molecule has 2 aliphatic carbocycles. The third kappa shape index (κ3) is 4.65. The van der Waals surface area contributed by atoms with Gasteiger partial charge in [0.25, 0.3) is 0 Å². The van der Waals surface area contributed by atoms with Crippen LogP contribution in [0.15, 0.2) is 48.5 Å². The lowest BCUT2D eigenvalue weighted by atomic mass is 9.76. The molecule has 0 saturated heterocycles. The van der Waals surface area contributed by atoms with Crippen molar-refractivity contribution in [3.05, 3.63) is 59.7 Å². The van der Waals surface area contributed by atoms with Gasteiger partial charge in [-0.15, -0.1) is 0 Å². The number of carboxylic acids is 1. The minimum atomic E-state index is -1.29. The van der Waals surface area contributed by atoms with Gasteiger partial charge in [-0.3, -0.25) is 4.79 Å². The number of aliphatic carboxylic acids is 1. The molecule has 0 bridgehead atoms. The number of hydrogen-bond donors (Lipinski definition) is 3. The van der Waals surface area contributed by atoms with Crippen molar-refractivity contribution in [1.82, 2.24) is 10.6 Å². The van der Waals surface area contributed by atoms with E-state index in [-0.39, 0.29) is 18.4 Å². The predicted octanol–water partition coefficient (Wildman–Crippen LogP) is 4.45. The van der Waals surface area contributed by atoms with Crippen LogP contribution in [0.4, 0.5) is 4.79 Å². The molecule has 7 heteroatoms. The zero-order chi connectivity index (χ0) is 24.3. The van der Waals surface area contributed by atoms with Crippen molar-refractivity contribution in [3.8, 4) is 11.1 Å². The molecule has 3 atom stereocenters. The molecule has 180 valence electrons. The molecule has 0 radical (unpaired) electrons. The maximum Gasteiger partial charge on any atom is 0.407 e. The third-order valence-corrected chi connectivity index (χ3v) is 7.13. The minimum absolute atomic E-state index is 0.0777. The van der Waals surface area contributed by atoms with Gasteiger partial charge in [0.15, 0.2) is 0 Å². The number of amides is 2. The Labute approximate surface area is 199 Å². The highest BCUT2D eigenvalue weighted by molar-refractivity contribution is 5.91. The maximum absolute atomic E-state index is 12.9. The molecule has 2 aromatic rings. The fourth-order valence-corrected chi connectivity index (χ4v) is 5.37. The Morgan fingerprint density at radius 1 is 1.09 bits per heavy atom. The van der Waals surface area contributed by atoms with Crippen LogP contribution in [-0.2, 0) is 14.3 Å². The summed E-state index contributed by atoms with van der Waals surface area (Å²) < 4.78 is 5.56. The Morgan fingerprint density at radius 3 is 2.26 bits per heavy atom. The van der Waals surface area contributed by atoms with Crippen molar-refractivity contribution < 1.29 is 24.2 Å². The van der Waals surface area contributed by atoms with Crippen LogP contribution in [-0.4, -0.2) is 41.3 Å². The lowest BCUT2D eigenvalue weighted by Crippen LogP contribution is -2.60. The van der Waals surface area contributed by atoms with E-state index in [0.29, 0.717) is 19.3 Å². The monoisotopic (exact) mass is 464 g/mol. The largest absolute Gasteiger partial charge is 0.480 e. The molecule has 1 fully saturated rings. The van der Waals surface area contributed by atoms with Gasteiger partial charge in [-0.1, -0.05) is 75.2 Å². The third-order valence-electron chi connectivity index (χ3n) is 7.13. The molecule has 2 aromatic carbocycles. The molecular formula is C27H32N2O5. The van der Waals surface area contributed by atoms with Crippen LogP contribution in [0.2, 0.25) is 0 Å². The summed E-state index contributed by atoms with van der Waals surface area (Å²) in [6, 6.07) is 15.3. The van der Waals surface area contributed by atoms with Gasteiger partial charge >= 0.3 is 12.1 Å². The summed E-state index contributed by atoms with van der Waals surface area (Å²) in [7, 11) is 0. The number of alkyl carbamates (subject to hydrolysis) is 1. The van der Waals surface area contributed by atoms with Gasteiger partial charge in [-0.05, 0) is 47.4 Å². The first-order valence-corrected chi connectivity index (χ1v) is 12.0. The van der Waals surface area contributed by atoms with Crippen molar-refractivity contribution in [3.63, 3.8) is 0 Å². The summed E-state index contributed by atoms with van der Waals surface area (Å²) in [5.74, 6) is -1.39. The van der Waals surface area contributed by atoms with Crippen molar-refractivity contribution in [2.45, 2.75) is 63.5 Å². The standard InChI is InChI=1S/C27H32N2O5/c1-3-23(24(30)29-27(25(31)32)14-8-9-17(2)15-27)28-26(33)34-16-22-20-12-6-4-10-18(20)19-11-5-7-13-21(19)22/h4-7,10-13,17,22-23H,3,8-9,14-16H2,1-2H3,(H,28,33)(H,29,30)(H,31,32)/t17?,23-,27?/m1/s1. The fraction of sp³-hybridized carbons (Fsp3) is 0.444. The van der Waals surface area contributed by atoms with Gasteiger partial charge in [0.05, 0.1) is 0 Å². The van der Waals surface area contributed by atoms with Crippen molar-refractivity contribution in [2.24, 2.45) is 5.92 Å². The van der Waals surface area contributed by atoms with Crippen molar-refractivity contribution >= 4 is 18.0 Å². The topological polar surface area (TPSA) is 105 Å². The highest BCUT2D eigenvalue weighted by Gasteiger charge is 2.44. The van der Waals surface area contributed by atoms with Gasteiger partial charge in [-0.25, -0.2) is 9.59 Å². The number of carboxylic acid groups (broad SMARTS) is 1. The second-order valence-electron chi connectivity index (χ2n) is 9.51. The lowest BCUT2D eigenvalue weighted by Gasteiger charge is -2.37. The SMILES string of the molecule is CC[C@@H](NC(=O)OCC1c2ccccc2-c2ccccc21)C(=O)NC1(C(=O)O)CCCC(C)C1. The number of fused-ring (bicyclic) bond motifs is 3. The average molecular weight is 465 g/mol. The molecule has 3 N–H and O–H groups in total. The molecule has 4 rings (SSSR count). The molecule has 1 saturated carbocycles. The van der Waals surface area contributed by atoms with E-state index in [1.165, 1.54) is 0 Å². The van der Waals surface area contributed by atoms with Gasteiger partial charge in [0.2, 0.25) is 5.91 Å². The van der Waals surface area contributed by atoms with Gasteiger partial charge in [0.1, 0.15) is 18.2 Å². The van der Waals surface area contributed by atoms with E-state index in [1.54, 1.807) is 6.92 Å². The summed E-state index contributed by atoms with van der Waals surface area (Å²) in [4.78, 5) is 37.6. The van der Waals surface area contributed by atoms with Crippen molar-refractivity contribution in [1.29, 1.82) is 0 Å². The average Bonchev–Trinajstić information content (AvgIpc) is 3.14. The second kappa shape index (κ2) is 9.87. The number of benzene rings is 2. The van der Waals surface area contributed by atoms with Crippen molar-refractivity contribution in [2.75, 3.05) is 6.61 Å². The van der Waals surface area contributed by atoms with Gasteiger partial charge in [0, 0.05) is 5.92 Å². The smallest absolute Gasteiger partial charge is 0.407 e. The molecule has 2 amide bonds. The molecule has 7 nitrogen and oxygen atoms in total. The van der Waals surface area contributed by atoms with E-state index >= 15 is 0 Å². The molecule has 0 spiro atoms. The van der Waals surface area contributed by atoms with Gasteiger partial charge < -0.3 is 20.5 Å². The maximum atomic E-state index is 12.9. The zero-order valence-corrected chi connectivity index (χ0v) is 19.7. The first-order chi connectivity index (χ1) is 16.3. The summed E-state index contributed by atoms with van der Waals surface area (Å²) >= 11 is 0. The number of carbonyl (C=O) groups excluding carboxylic acids is 2. The minimum Gasteiger partial charge on any atom is -0.480 e. The molecule has 0 aliphatic heterocycles. The first-order valence-electron chi connectivity index (χ1n) is 12.0. The van der Waals surface area contributed by atoms with Crippen LogP contribution in [0.3, 0.4) is 0 Å². The van der Waals surface area contributed by atoms with Gasteiger partial charge in [-0.2, -0.15) is 0 Å². The summed E-state index contributed by atoms with van der Waals surface area (Å²) in [6.07, 6.45) is 2.09. The van der Waals surface area contributed by atoms with E-state index in [0.717, 1.165) is 35.1 Å². The van der Waals surface area contributed by atoms with Crippen LogP contribution in [0.25, 0.3) is 11.1 Å². The molecular weight excluding hydrogens is 432 g/mol. The predicted molar refractivity (Wildman–Crippen MR) is 128 cm³/mol. The molecule has 34 heavy (non-hydrogen) atoms. The number of nitrogens with one attached hydrogen (secondary N) is 2. The highest BCUT2D eigenvalue weighted by atomic mass is 16.5. The molecule has 2 aliphatic rings. The van der Waals surface area contributed by atoms with E-state index in [4.69, 9.17) is 4.74 Å². The molecule has 2 unspecified atom stereocenters. The Morgan fingerprint density at radius 2 is 1.71 bits per heavy atom. The summed E-state index contributed by atoms with van der Waals surface area (Å²) in [5, 5.41) is 15.2. The van der Waals surface area contributed by atoms with Crippen LogP contribution >= 0.6 is 0 Å². The number of hydrogen-bond acceptors (Lipinski definition) is 4. The Kier molecular flexibility index (Phi) is 6.91. The van der Waals surface area contributed by atoms with E-state index < -0.39 is 29.6 Å². The second-order valence-corrected chi connectivity index (χ2v) is 9.51. The quantitative estimate of drug-likeness (QED) is 0.561. The van der Waals surface area contributed by atoms with Crippen LogP contribution < -0.4 is 10.6 Å². The zero-order valence-electron chi connectivity index (χ0n) is 19.7. The first kappa shape index (κ1) is 23.8. The fourth-order valence-electron chi connectivity index (χ4n) is 5.37. The lowest BCUT2D eigenvalue weighted by molar-refractivity contribution is -0.150. The van der Waals surface area contributed by atoms with Crippen LogP contribution in [0.1, 0.15) is 63.0 Å². The molecule has 0 heterocycles. The van der Waals surface area contributed by atoms with Crippen LogP contribution in [0, 0.1) is 5.92 Å². The Bertz CT molecular complexity index is 1040. The Hall–Kier alpha value is -3.35.